The second-order valence-corrected chi connectivity index (χ2v) is 10.7. The largest absolute Gasteiger partial charge is 0.492 e. The number of fused-ring (bicyclic) bond motifs is 1. The summed E-state index contributed by atoms with van der Waals surface area (Å²) >= 11 is 6.63. The Balaban J connectivity index is 1.53. The van der Waals surface area contributed by atoms with Crippen molar-refractivity contribution in [3.8, 4) is 17.6 Å². The highest BCUT2D eigenvalue weighted by molar-refractivity contribution is 6.32. The summed E-state index contributed by atoms with van der Waals surface area (Å²) < 4.78 is 17.0. The second-order valence-electron chi connectivity index (χ2n) is 10.3. The van der Waals surface area contributed by atoms with E-state index in [0.29, 0.717) is 67.5 Å². The number of benzene rings is 2. The molecule has 0 spiro atoms. The Bertz CT molecular complexity index is 1200. The Morgan fingerprint density at radius 1 is 1.23 bits per heavy atom. The molecule has 3 unspecified atom stereocenters. The van der Waals surface area contributed by atoms with E-state index in [0.717, 1.165) is 29.9 Å². The molecule has 10 heteroatoms. The van der Waals surface area contributed by atoms with Gasteiger partial charge < -0.3 is 35.1 Å². The molecule has 2 aliphatic rings. The lowest BCUT2D eigenvalue weighted by Gasteiger charge is -2.33. The van der Waals surface area contributed by atoms with Crippen molar-refractivity contribution in [1.82, 2.24) is 4.90 Å². The fraction of sp³-hybridized carbons (Fsp3) is 0.533. The Kier molecular flexibility index (Phi) is 10.8. The number of nitriles is 1. The maximum Gasteiger partial charge on any atom is 0.224 e. The van der Waals surface area contributed by atoms with Crippen molar-refractivity contribution >= 4 is 34.6 Å². The summed E-state index contributed by atoms with van der Waals surface area (Å²) in [7, 11) is 3.75. The summed E-state index contributed by atoms with van der Waals surface area (Å²) in [6.45, 7) is 5.03. The number of likely N-dealkylation sites (tertiary alicyclic amines) is 1. The maximum absolute atomic E-state index is 12.6. The number of nitrogens with one attached hydrogen (secondary N) is 3. The highest BCUT2D eigenvalue weighted by Gasteiger charge is 2.31. The van der Waals surface area contributed by atoms with Crippen molar-refractivity contribution in [2.75, 3.05) is 63.0 Å². The van der Waals surface area contributed by atoms with E-state index in [4.69, 9.17) is 25.8 Å². The number of halogens is 1. The number of anilines is 3. The van der Waals surface area contributed by atoms with Crippen LogP contribution in [0.5, 0.6) is 11.5 Å². The van der Waals surface area contributed by atoms with Crippen molar-refractivity contribution in [1.29, 1.82) is 5.26 Å². The number of methoxy groups -OCH3 is 1. The zero-order chi connectivity index (χ0) is 28.5. The van der Waals surface area contributed by atoms with Gasteiger partial charge in [-0.15, -0.1) is 0 Å². The first-order valence-electron chi connectivity index (χ1n) is 14.1. The molecule has 1 amide bonds. The predicted octanol–water partition coefficient (Wildman–Crippen LogP) is 5.69. The minimum Gasteiger partial charge on any atom is -0.492 e. The van der Waals surface area contributed by atoms with Crippen LogP contribution in [0.25, 0.3) is 0 Å². The SMILES string of the molecule is CCOc1cc2c(cc1NC(=O)CCCOC)C(Nc1ccc(OCC3CCCCN3C)c(Cl)c1)C(C#N)CN2. The monoisotopic (exact) mass is 569 g/mol. The Labute approximate surface area is 242 Å². The van der Waals surface area contributed by atoms with Gasteiger partial charge >= 0.3 is 0 Å². The van der Waals surface area contributed by atoms with Crippen LogP contribution in [-0.2, 0) is 9.53 Å². The van der Waals surface area contributed by atoms with Crippen molar-refractivity contribution in [2.24, 2.45) is 5.92 Å². The van der Waals surface area contributed by atoms with Crippen LogP contribution in [-0.4, -0.2) is 63.9 Å². The third-order valence-electron chi connectivity index (χ3n) is 7.50. The predicted molar refractivity (Wildman–Crippen MR) is 159 cm³/mol. The summed E-state index contributed by atoms with van der Waals surface area (Å²) in [6, 6.07) is 11.9. The number of rotatable bonds is 12. The summed E-state index contributed by atoms with van der Waals surface area (Å²) in [4.78, 5) is 15.0. The molecule has 216 valence electrons. The quantitative estimate of drug-likeness (QED) is 0.280. The van der Waals surface area contributed by atoms with Crippen LogP contribution in [0.2, 0.25) is 5.02 Å². The Morgan fingerprint density at radius 3 is 2.80 bits per heavy atom. The lowest BCUT2D eigenvalue weighted by Crippen LogP contribution is -2.40. The van der Waals surface area contributed by atoms with Gasteiger partial charge in [0.1, 0.15) is 18.1 Å². The molecule has 0 aliphatic carbocycles. The highest BCUT2D eigenvalue weighted by atomic mass is 35.5. The molecule has 3 N–H and O–H groups in total. The number of piperidine rings is 1. The Morgan fingerprint density at radius 2 is 2.08 bits per heavy atom. The van der Waals surface area contributed by atoms with Crippen LogP contribution in [0.3, 0.4) is 0 Å². The summed E-state index contributed by atoms with van der Waals surface area (Å²) in [5.41, 5.74) is 3.08. The number of amides is 1. The molecule has 2 heterocycles. The zero-order valence-corrected chi connectivity index (χ0v) is 24.4. The average Bonchev–Trinajstić information content (AvgIpc) is 2.94. The van der Waals surface area contributed by atoms with Crippen LogP contribution in [0.4, 0.5) is 17.1 Å². The molecule has 4 rings (SSSR count). The van der Waals surface area contributed by atoms with Crippen LogP contribution in [0.1, 0.15) is 50.6 Å². The average molecular weight is 570 g/mol. The lowest BCUT2D eigenvalue weighted by molar-refractivity contribution is -0.116. The van der Waals surface area contributed by atoms with E-state index in [1.54, 1.807) is 7.11 Å². The van der Waals surface area contributed by atoms with E-state index < -0.39 is 0 Å². The number of ether oxygens (including phenoxy) is 3. The summed E-state index contributed by atoms with van der Waals surface area (Å²) in [5, 5.41) is 20.3. The molecular formula is C30H40ClN5O4. The number of carbonyl (C=O) groups is 1. The first-order valence-corrected chi connectivity index (χ1v) is 14.4. The molecule has 2 aliphatic heterocycles. The van der Waals surface area contributed by atoms with Gasteiger partial charge in [-0.25, -0.2) is 0 Å². The lowest BCUT2D eigenvalue weighted by atomic mass is 9.88. The minimum absolute atomic E-state index is 0.121. The summed E-state index contributed by atoms with van der Waals surface area (Å²) in [5.74, 6) is 0.752. The third kappa shape index (κ3) is 7.51. The first-order chi connectivity index (χ1) is 19.4. The minimum atomic E-state index is -0.354. The molecule has 40 heavy (non-hydrogen) atoms. The van der Waals surface area contributed by atoms with Crippen LogP contribution < -0.4 is 25.4 Å². The van der Waals surface area contributed by atoms with Crippen molar-refractivity contribution < 1.29 is 19.0 Å². The maximum atomic E-state index is 12.6. The molecule has 0 bridgehead atoms. The van der Waals surface area contributed by atoms with Crippen LogP contribution in [0, 0.1) is 17.2 Å². The van der Waals surface area contributed by atoms with E-state index >= 15 is 0 Å². The molecule has 9 nitrogen and oxygen atoms in total. The van der Waals surface area contributed by atoms with E-state index in [1.807, 2.05) is 37.3 Å². The molecule has 2 aromatic carbocycles. The van der Waals surface area contributed by atoms with Crippen LogP contribution in [0.15, 0.2) is 30.3 Å². The van der Waals surface area contributed by atoms with Gasteiger partial charge in [-0.3, -0.25) is 4.79 Å². The number of likely N-dealkylation sites (N-methyl/N-ethyl adjacent to an activating group) is 1. The Hall–Kier alpha value is -3.19. The number of hydrogen-bond acceptors (Lipinski definition) is 8. The van der Waals surface area contributed by atoms with E-state index in [1.165, 1.54) is 12.8 Å². The molecule has 0 saturated carbocycles. The third-order valence-corrected chi connectivity index (χ3v) is 7.80. The molecule has 2 aromatic rings. The second kappa shape index (κ2) is 14.4. The fourth-order valence-corrected chi connectivity index (χ4v) is 5.49. The van der Waals surface area contributed by atoms with E-state index in [2.05, 4.69) is 34.0 Å². The zero-order valence-electron chi connectivity index (χ0n) is 23.6. The number of carbonyl (C=O) groups excluding carboxylic acids is 1. The van der Waals surface area contributed by atoms with Gasteiger partial charge in [0.15, 0.2) is 0 Å². The first kappa shape index (κ1) is 29.8. The molecular weight excluding hydrogens is 530 g/mol. The number of nitrogens with zero attached hydrogens (tertiary/aromatic N) is 2. The summed E-state index contributed by atoms with van der Waals surface area (Å²) in [6.07, 6.45) is 4.53. The standard InChI is InChI=1S/C30H40ClN5O4/c1-4-39-28-16-25-23(15-26(28)35-29(37)9-7-13-38-3)30(20(17-32)18-33-25)34-21-10-11-27(24(31)14-21)40-19-22-8-5-6-12-36(22)2/h10-11,14-16,20,22,30,33-34H,4-9,12-13,18-19H2,1-3H3,(H,35,37). The number of hydrogen-bond donors (Lipinski definition) is 3. The topological polar surface area (TPSA) is 108 Å². The molecule has 0 radical (unpaired) electrons. The molecule has 1 saturated heterocycles. The van der Waals surface area contributed by atoms with Gasteiger partial charge in [-0.05, 0) is 64.0 Å². The normalized spacial score (nSPS) is 20.5. The molecule has 3 atom stereocenters. The van der Waals surface area contributed by atoms with Crippen molar-refractivity contribution in [2.45, 2.75) is 51.1 Å². The van der Waals surface area contributed by atoms with Gasteiger partial charge in [0.2, 0.25) is 5.91 Å². The van der Waals surface area contributed by atoms with Gasteiger partial charge in [-0.2, -0.15) is 5.26 Å². The van der Waals surface area contributed by atoms with Crippen LogP contribution >= 0.6 is 11.6 Å². The van der Waals surface area contributed by atoms with Gasteiger partial charge in [0.25, 0.3) is 0 Å². The smallest absolute Gasteiger partial charge is 0.224 e. The van der Waals surface area contributed by atoms with Crippen molar-refractivity contribution in [3.63, 3.8) is 0 Å². The van der Waals surface area contributed by atoms with Crippen molar-refractivity contribution in [3.05, 3.63) is 40.9 Å². The highest BCUT2D eigenvalue weighted by Crippen LogP contribution is 2.42. The fourth-order valence-electron chi connectivity index (χ4n) is 5.25. The van der Waals surface area contributed by atoms with E-state index in [9.17, 15) is 10.1 Å². The molecule has 0 aromatic heterocycles. The molecule has 1 fully saturated rings. The van der Waals surface area contributed by atoms with Gasteiger partial charge in [0.05, 0.1) is 35.3 Å². The van der Waals surface area contributed by atoms with Gasteiger partial charge in [-0.1, -0.05) is 18.0 Å². The van der Waals surface area contributed by atoms with E-state index in [-0.39, 0.29) is 17.9 Å². The van der Waals surface area contributed by atoms with Gasteiger partial charge in [0, 0.05) is 55.7 Å².